The smallest absolute Gasteiger partial charge is 0.237 e. The van der Waals surface area contributed by atoms with E-state index in [4.69, 9.17) is 20.9 Å². The summed E-state index contributed by atoms with van der Waals surface area (Å²) in [6, 6.07) is 8.23. The van der Waals surface area contributed by atoms with Gasteiger partial charge in [0.05, 0.1) is 5.41 Å². The summed E-state index contributed by atoms with van der Waals surface area (Å²) in [5.41, 5.74) is 0.874. The molecule has 1 unspecified atom stereocenters. The maximum absolute atomic E-state index is 6.04. The fourth-order valence-corrected chi connectivity index (χ4v) is 3.15. The average molecular weight is 372 g/mol. The number of aromatic nitrogens is 2. The molecular formula is C17H23Cl2N3O2. The minimum Gasteiger partial charge on any atom is -0.381 e. The maximum atomic E-state index is 6.04. The van der Waals surface area contributed by atoms with Crippen LogP contribution >= 0.6 is 24.0 Å². The summed E-state index contributed by atoms with van der Waals surface area (Å²) in [6.45, 7) is 3.47. The largest absolute Gasteiger partial charge is 0.381 e. The summed E-state index contributed by atoms with van der Waals surface area (Å²) < 4.78 is 11.2. The van der Waals surface area contributed by atoms with E-state index in [1.165, 1.54) is 0 Å². The van der Waals surface area contributed by atoms with Crippen LogP contribution in [0.1, 0.15) is 37.0 Å². The second kappa shape index (κ2) is 8.30. The first-order valence-electron chi connectivity index (χ1n) is 7.98. The van der Waals surface area contributed by atoms with Gasteiger partial charge < -0.3 is 14.6 Å². The Morgan fingerprint density at radius 1 is 1.25 bits per heavy atom. The quantitative estimate of drug-likeness (QED) is 0.872. The van der Waals surface area contributed by atoms with Crippen molar-refractivity contribution in [1.82, 2.24) is 15.5 Å². The number of hydrogen-bond acceptors (Lipinski definition) is 5. The van der Waals surface area contributed by atoms with E-state index >= 15 is 0 Å². The second-order valence-electron chi connectivity index (χ2n) is 6.11. The van der Waals surface area contributed by atoms with Crippen LogP contribution in [0.4, 0.5) is 0 Å². The van der Waals surface area contributed by atoms with Crippen molar-refractivity contribution in [2.45, 2.75) is 37.6 Å². The van der Waals surface area contributed by atoms with Crippen LogP contribution in [0.5, 0.6) is 0 Å². The predicted octanol–water partition coefficient (Wildman–Crippen LogP) is 3.39. The van der Waals surface area contributed by atoms with Crippen molar-refractivity contribution in [3.05, 3.63) is 46.6 Å². The second-order valence-corrected chi connectivity index (χ2v) is 6.55. The first-order valence-corrected chi connectivity index (χ1v) is 8.36. The number of benzene rings is 1. The summed E-state index contributed by atoms with van der Waals surface area (Å²) >= 11 is 6.04. The van der Waals surface area contributed by atoms with Crippen molar-refractivity contribution in [1.29, 1.82) is 0 Å². The molecular weight excluding hydrogens is 349 g/mol. The first kappa shape index (κ1) is 19.2. The molecule has 7 heteroatoms. The van der Waals surface area contributed by atoms with Gasteiger partial charge in [-0.15, -0.1) is 12.4 Å². The summed E-state index contributed by atoms with van der Waals surface area (Å²) in [6.07, 6.45) is 2.41. The lowest BCUT2D eigenvalue weighted by Gasteiger charge is -2.34. The molecule has 0 radical (unpaired) electrons. The molecule has 0 aliphatic carbocycles. The minimum absolute atomic E-state index is 0. The molecule has 24 heavy (non-hydrogen) atoms. The zero-order valence-electron chi connectivity index (χ0n) is 13.9. The van der Waals surface area contributed by atoms with Crippen molar-refractivity contribution in [3.8, 4) is 0 Å². The van der Waals surface area contributed by atoms with Gasteiger partial charge in [0.2, 0.25) is 5.89 Å². The molecule has 1 aliphatic heterocycles. The summed E-state index contributed by atoms with van der Waals surface area (Å²) in [5.74, 6) is 1.42. The third-order valence-corrected chi connectivity index (χ3v) is 4.85. The molecule has 1 fully saturated rings. The van der Waals surface area contributed by atoms with Gasteiger partial charge in [-0.05, 0) is 44.5 Å². The van der Waals surface area contributed by atoms with Crippen LogP contribution in [0.2, 0.25) is 5.02 Å². The van der Waals surface area contributed by atoms with E-state index in [9.17, 15) is 0 Å². The Kier molecular flexibility index (Phi) is 6.63. The van der Waals surface area contributed by atoms with Gasteiger partial charge in [0.15, 0.2) is 5.82 Å². The molecule has 1 aromatic heterocycles. The highest BCUT2D eigenvalue weighted by molar-refractivity contribution is 6.30. The molecule has 1 saturated heterocycles. The number of nitrogens with zero attached hydrogens (tertiary/aromatic N) is 2. The van der Waals surface area contributed by atoms with Crippen LogP contribution < -0.4 is 5.32 Å². The van der Waals surface area contributed by atoms with Gasteiger partial charge in [0, 0.05) is 30.7 Å². The molecule has 0 spiro atoms. The number of likely N-dealkylation sites (N-methyl/N-ethyl adjacent to an activating group) is 1. The molecule has 1 atom stereocenters. The highest BCUT2D eigenvalue weighted by atomic mass is 35.5. The number of hydrogen-bond donors (Lipinski definition) is 1. The van der Waals surface area contributed by atoms with Crippen LogP contribution in [0.25, 0.3) is 0 Å². The van der Waals surface area contributed by atoms with Gasteiger partial charge in [-0.25, -0.2) is 0 Å². The lowest BCUT2D eigenvalue weighted by atomic mass is 9.74. The van der Waals surface area contributed by atoms with Gasteiger partial charge in [0.1, 0.15) is 0 Å². The highest BCUT2D eigenvalue weighted by Crippen LogP contribution is 2.40. The van der Waals surface area contributed by atoms with E-state index in [1.807, 2.05) is 31.3 Å². The van der Waals surface area contributed by atoms with Crippen molar-refractivity contribution < 1.29 is 9.26 Å². The van der Waals surface area contributed by atoms with Crippen LogP contribution in [0.15, 0.2) is 28.8 Å². The summed E-state index contributed by atoms with van der Waals surface area (Å²) in [5, 5.41) is 8.09. The molecule has 0 bridgehead atoms. The molecule has 1 N–H and O–H groups in total. The number of halogens is 2. The van der Waals surface area contributed by atoms with Crippen molar-refractivity contribution >= 4 is 24.0 Å². The van der Waals surface area contributed by atoms with E-state index in [-0.39, 0.29) is 17.8 Å². The van der Waals surface area contributed by atoms with E-state index in [0.29, 0.717) is 25.1 Å². The fraction of sp³-hybridized carbons (Fsp3) is 0.529. The van der Waals surface area contributed by atoms with Gasteiger partial charge in [-0.1, -0.05) is 28.9 Å². The topological polar surface area (TPSA) is 60.2 Å². The Labute approximate surface area is 153 Å². The minimum atomic E-state index is -0.281. The molecule has 0 amide bonds. The van der Waals surface area contributed by atoms with Crippen LogP contribution in [-0.2, 0) is 16.6 Å². The zero-order valence-corrected chi connectivity index (χ0v) is 15.5. The maximum Gasteiger partial charge on any atom is 0.237 e. The van der Waals surface area contributed by atoms with Crippen LogP contribution in [0, 0.1) is 0 Å². The monoisotopic (exact) mass is 371 g/mol. The van der Waals surface area contributed by atoms with E-state index < -0.39 is 0 Å². The van der Waals surface area contributed by atoms with E-state index in [2.05, 4.69) is 22.4 Å². The van der Waals surface area contributed by atoms with Crippen LogP contribution in [0.3, 0.4) is 0 Å². The van der Waals surface area contributed by atoms with Crippen molar-refractivity contribution in [2.24, 2.45) is 0 Å². The SMILES string of the molecule is CNC(C)Cc1noc(C2(c3ccc(Cl)cc3)CCOCC2)n1.Cl. The molecule has 3 rings (SSSR count). The number of nitrogens with one attached hydrogen (secondary N) is 1. The normalized spacial score (nSPS) is 18.0. The Hall–Kier alpha value is -1.14. The highest BCUT2D eigenvalue weighted by Gasteiger charge is 2.41. The van der Waals surface area contributed by atoms with Gasteiger partial charge in [-0.2, -0.15) is 4.98 Å². The Bertz CT molecular complexity index is 640. The summed E-state index contributed by atoms with van der Waals surface area (Å²) in [4.78, 5) is 4.69. The first-order chi connectivity index (χ1) is 11.1. The molecule has 2 aromatic rings. The molecule has 1 aliphatic rings. The van der Waals surface area contributed by atoms with E-state index in [1.54, 1.807) is 0 Å². The lowest BCUT2D eigenvalue weighted by Crippen LogP contribution is -2.35. The van der Waals surface area contributed by atoms with Crippen molar-refractivity contribution in [3.63, 3.8) is 0 Å². The summed E-state index contributed by atoms with van der Waals surface area (Å²) in [7, 11) is 1.93. The Morgan fingerprint density at radius 2 is 1.92 bits per heavy atom. The molecule has 5 nitrogen and oxygen atoms in total. The standard InChI is InChI=1S/C17H22ClN3O2.ClH/c1-12(19-2)11-15-20-16(23-21-15)17(7-9-22-10-8-17)13-3-5-14(18)6-4-13;/h3-6,12,19H,7-11H2,1-2H3;1H. The number of rotatable bonds is 5. The lowest BCUT2D eigenvalue weighted by molar-refractivity contribution is 0.0523. The average Bonchev–Trinajstić information content (AvgIpc) is 3.05. The van der Waals surface area contributed by atoms with Crippen molar-refractivity contribution in [2.75, 3.05) is 20.3 Å². The number of ether oxygens (including phenoxy) is 1. The third-order valence-electron chi connectivity index (χ3n) is 4.60. The van der Waals surface area contributed by atoms with Gasteiger partial charge in [0.25, 0.3) is 0 Å². The Balaban J connectivity index is 0.00000208. The Morgan fingerprint density at radius 3 is 2.54 bits per heavy atom. The van der Waals surface area contributed by atoms with Gasteiger partial charge in [-0.3, -0.25) is 0 Å². The fourth-order valence-electron chi connectivity index (χ4n) is 3.02. The predicted molar refractivity (Wildman–Crippen MR) is 96.1 cm³/mol. The van der Waals surface area contributed by atoms with E-state index in [0.717, 1.165) is 35.7 Å². The molecule has 2 heterocycles. The molecule has 0 saturated carbocycles. The van der Waals surface area contributed by atoms with Crippen LogP contribution in [-0.4, -0.2) is 36.4 Å². The zero-order chi connectivity index (χ0) is 16.3. The third kappa shape index (κ3) is 3.91. The molecule has 132 valence electrons. The van der Waals surface area contributed by atoms with Gasteiger partial charge >= 0.3 is 0 Å². The molecule has 1 aromatic carbocycles.